The van der Waals surface area contributed by atoms with E-state index >= 15 is 0 Å². The van der Waals surface area contributed by atoms with Gasteiger partial charge in [-0.3, -0.25) is 9.48 Å². The summed E-state index contributed by atoms with van der Waals surface area (Å²) >= 11 is 0. The van der Waals surface area contributed by atoms with Gasteiger partial charge in [0.1, 0.15) is 5.52 Å². The summed E-state index contributed by atoms with van der Waals surface area (Å²) in [5.74, 6) is 1.03. The Balaban J connectivity index is 1.98. The Kier molecular flexibility index (Phi) is 2.74. The van der Waals surface area contributed by atoms with Gasteiger partial charge in [-0.25, -0.2) is 9.50 Å². The summed E-state index contributed by atoms with van der Waals surface area (Å²) in [6.07, 6.45) is 7.17. The average molecular weight is 309 g/mol. The molecule has 4 aromatic heterocycles. The molecule has 1 N–H and O–H groups in total. The molecule has 0 atom stereocenters. The van der Waals surface area contributed by atoms with Crippen LogP contribution in [0, 0.1) is 6.92 Å². The number of aromatic amines is 1. The minimum absolute atomic E-state index is 0.197. The van der Waals surface area contributed by atoms with Crippen molar-refractivity contribution in [1.29, 1.82) is 0 Å². The van der Waals surface area contributed by atoms with Crippen molar-refractivity contribution in [1.82, 2.24) is 33.9 Å². The monoisotopic (exact) mass is 309 g/mol. The van der Waals surface area contributed by atoms with Crippen molar-refractivity contribution in [2.75, 3.05) is 0 Å². The first kappa shape index (κ1) is 13.5. The van der Waals surface area contributed by atoms with Gasteiger partial charge in [-0.2, -0.15) is 5.10 Å². The maximum Gasteiger partial charge on any atom is 0.275 e. The fourth-order valence-corrected chi connectivity index (χ4v) is 2.75. The second kappa shape index (κ2) is 4.67. The fourth-order valence-electron chi connectivity index (χ4n) is 2.75. The molecule has 0 radical (unpaired) electrons. The quantitative estimate of drug-likeness (QED) is 0.601. The predicted molar refractivity (Wildman–Crippen MR) is 85.0 cm³/mol. The fraction of sp³-hybridized carbons (Fsp3) is 0.200. The molecule has 0 spiro atoms. The van der Waals surface area contributed by atoms with Crippen LogP contribution < -0.4 is 5.56 Å². The summed E-state index contributed by atoms with van der Waals surface area (Å²) < 4.78 is 5.14. The Morgan fingerprint density at radius 1 is 1.17 bits per heavy atom. The maximum atomic E-state index is 12.5. The first-order chi connectivity index (χ1) is 11.0. The van der Waals surface area contributed by atoms with Crippen LogP contribution in [0.4, 0.5) is 0 Å². The molecule has 23 heavy (non-hydrogen) atoms. The number of aromatic nitrogens is 7. The van der Waals surface area contributed by atoms with Crippen LogP contribution in [-0.2, 0) is 14.1 Å². The van der Waals surface area contributed by atoms with Crippen LogP contribution in [0.5, 0.6) is 0 Å². The molecule has 8 nitrogen and oxygen atoms in total. The summed E-state index contributed by atoms with van der Waals surface area (Å²) in [5.41, 5.74) is 2.87. The molecular weight excluding hydrogens is 294 g/mol. The van der Waals surface area contributed by atoms with E-state index in [1.807, 2.05) is 39.5 Å². The first-order valence-electron chi connectivity index (χ1n) is 7.14. The lowest BCUT2D eigenvalue weighted by atomic mass is 10.1. The molecule has 4 rings (SSSR count). The van der Waals surface area contributed by atoms with E-state index in [0.29, 0.717) is 17.2 Å². The third-order valence-electron chi connectivity index (χ3n) is 3.92. The van der Waals surface area contributed by atoms with Gasteiger partial charge in [-0.1, -0.05) is 0 Å². The lowest BCUT2D eigenvalue weighted by Crippen LogP contribution is -2.15. The smallest absolute Gasteiger partial charge is 0.275 e. The Hall–Kier alpha value is -3.16. The number of aryl methyl sites for hydroxylation is 3. The molecule has 4 heterocycles. The minimum atomic E-state index is -0.197. The molecule has 0 bridgehead atoms. The molecule has 0 amide bonds. The molecule has 116 valence electrons. The number of imidazole rings is 1. The van der Waals surface area contributed by atoms with E-state index in [1.54, 1.807) is 26.2 Å². The Bertz CT molecular complexity index is 1080. The molecule has 0 aliphatic carbocycles. The second-order valence-corrected chi connectivity index (χ2v) is 5.50. The molecule has 4 aromatic rings. The van der Waals surface area contributed by atoms with Crippen molar-refractivity contribution in [2.24, 2.45) is 14.1 Å². The molecule has 0 aliphatic heterocycles. The van der Waals surface area contributed by atoms with E-state index in [4.69, 9.17) is 0 Å². The van der Waals surface area contributed by atoms with Crippen LogP contribution in [0.15, 0.2) is 35.6 Å². The molecule has 0 aliphatic rings. The Morgan fingerprint density at radius 2 is 2.00 bits per heavy atom. The van der Waals surface area contributed by atoms with Gasteiger partial charge in [0.05, 0.1) is 5.69 Å². The van der Waals surface area contributed by atoms with Gasteiger partial charge in [0.25, 0.3) is 5.56 Å². The van der Waals surface area contributed by atoms with Crippen LogP contribution >= 0.6 is 0 Å². The number of rotatable bonds is 2. The van der Waals surface area contributed by atoms with E-state index in [1.165, 1.54) is 0 Å². The molecule has 8 heteroatoms. The first-order valence-corrected chi connectivity index (χ1v) is 7.14. The predicted octanol–water partition coefficient (Wildman–Crippen LogP) is 1.13. The standard InChI is InChI=1S/C15H15N7O/c1-9-10(11-4-6-21(3)18-11)8-22-12(9)15(23)17-13(19-22)14-16-5-7-20(14)2/h4-8H,1-3H3,(H,17,19,23). The van der Waals surface area contributed by atoms with E-state index in [2.05, 4.69) is 20.2 Å². The highest BCUT2D eigenvalue weighted by Gasteiger charge is 2.16. The molecule has 0 saturated heterocycles. The van der Waals surface area contributed by atoms with Crippen molar-refractivity contribution < 1.29 is 0 Å². The highest BCUT2D eigenvalue weighted by Crippen LogP contribution is 2.25. The van der Waals surface area contributed by atoms with Gasteiger partial charge in [-0.05, 0) is 18.6 Å². The van der Waals surface area contributed by atoms with E-state index in [0.717, 1.165) is 16.8 Å². The highest BCUT2D eigenvalue weighted by atomic mass is 16.1. The van der Waals surface area contributed by atoms with Crippen molar-refractivity contribution >= 4 is 5.52 Å². The van der Waals surface area contributed by atoms with Gasteiger partial charge in [0.2, 0.25) is 0 Å². The normalized spacial score (nSPS) is 11.4. The van der Waals surface area contributed by atoms with Crippen LogP contribution in [0.1, 0.15) is 5.56 Å². The van der Waals surface area contributed by atoms with Crippen LogP contribution in [0.3, 0.4) is 0 Å². The van der Waals surface area contributed by atoms with Gasteiger partial charge in [0, 0.05) is 44.4 Å². The lowest BCUT2D eigenvalue weighted by Gasteiger charge is -2.02. The minimum Gasteiger partial charge on any atom is -0.331 e. The van der Waals surface area contributed by atoms with Crippen molar-refractivity contribution in [3.8, 4) is 22.9 Å². The van der Waals surface area contributed by atoms with Crippen molar-refractivity contribution in [3.05, 3.63) is 46.8 Å². The number of fused-ring (bicyclic) bond motifs is 1. The SMILES string of the molecule is Cc1c(-c2ccn(C)n2)cn2nc(-c3nccn3C)[nH]c(=O)c12. The molecule has 0 unspecified atom stereocenters. The van der Waals surface area contributed by atoms with Crippen LogP contribution in [-0.4, -0.2) is 33.9 Å². The molecular formula is C15H15N7O. The van der Waals surface area contributed by atoms with Gasteiger partial charge in [-0.15, -0.1) is 5.10 Å². The van der Waals surface area contributed by atoms with Crippen molar-refractivity contribution in [3.63, 3.8) is 0 Å². The largest absolute Gasteiger partial charge is 0.331 e. The highest BCUT2D eigenvalue weighted by molar-refractivity contribution is 5.73. The molecule has 0 fully saturated rings. The van der Waals surface area contributed by atoms with E-state index in [-0.39, 0.29) is 5.56 Å². The number of H-pyrrole nitrogens is 1. The Labute approximate surface area is 131 Å². The van der Waals surface area contributed by atoms with E-state index in [9.17, 15) is 4.79 Å². The summed E-state index contributed by atoms with van der Waals surface area (Å²) in [7, 11) is 3.71. The maximum absolute atomic E-state index is 12.5. The number of nitrogens with zero attached hydrogens (tertiary/aromatic N) is 6. The third-order valence-corrected chi connectivity index (χ3v) is 3.92. The van der Waals surface area contributed by atoms with Crippen molar-refractivity contribution in [2.45, 2.75) is 6.92 Å². The second-order valence-electron chi connectivity index (χ2n) is 5.50. The summed E-state index contributed by atoms with van der Waals surface area (Å²) in [6, 6.07) is 1.91. The Morgan fingerprint density at radius 3 is 2.65 bits per heavy atom. The zero-order chi connectivity index (χ0) is 16.1. The van der Waals surface area contributed by atoms with Gasteiger partial charge in [0.15, 0.2) is 11.6 Å². The zero-order valence-electron chi connectivity index (χ0n) is 13.0. The lowest BCUT2D eigenvalue weighted by molar-refractivity contribution is 0.770. The molecule has 0 saturated carbocycles. The topological polar surface area (TPSA) is 85.8 Å². The van der Waals surface area contributed by atoms with Gasteiger partial charge >= 0.3 is 0 Å². The van der Waals surface area contributed by atoms with Crippen LogP contribution in [0.25, 0.3) is 28.4 Å². The summed E-state index contributed by atoms with van der Waals surface area (Å²) in [4.78, 5) is 19.5. The summed E-state index contributed by atoms with van der Waals surface area (Å²) in [6.45, 7) is 1.90. The number of nitrogens with one attached hydrogen (secondary N) is 1. The zero-order valence-corrected chi connectivity index (χ0v) is 13.0. The van der Waals surface area contributed by atoms with E-state index < -0.39 is 0 Å². The molecule has 0 aromatic carbocycles. The third kappa shape index (κ3) is 1.99. The summed E-state index contributed by atoms with van der Waals surface area (Å²) in [5, 5.41) is 8.90. The number of hydrogen-bond acceptors (Lipinski definition) is 4. The average Bonchev–Trinajstić information content (AvgIpc) is 3.18. The number of hydrogen-bond donors (Lipinski definition) is 1. The van der Waals surface area contributed by atoms with Gasteiger partial charge < -0.3 is 9.55 Å². The van der Waals surface area contributed by atoms with Crippen LogP contribution in [0.2, 0.25) is 0 Å².